The van der Waals surface area contributed by atoms with Crippen LogP contribution in [0.3, 0.4) is 0 Å². The molecule has 2 fully saturated rings. The Morgan fingerprint density at radius 2 is 2.00 bits per heavy atom. The van der Waals surface area contributed by atoms with Gasteiger partial charge in [-0.2, -0.15) is 0 Å². The lowest BCUT2D eigenvalue weighted by molar-refractivity contribution is 0.0753. The average Bonchev–Trinajstić information content (AvgIpc) is 2.47. The van der Waals surface area contributed by atoms with Crippen molar-refractivity contribution in [2.75, 3.05) is 7.11 Å². The number of nitrogens with one attached hydrogen (secondary N) is 1. The Bertz CT molecular complexity index is 550. The van der Waals surface area contributed by atoms with E-state index in [-0.39, 0.29) is 11.9 Å². The fraction of sp³-hybridized carbons (Fsp3) is 0.588. The zero-order valence-corrected chi connectivity index (χ0v) is 14.4. The van der Waals surface area contributed by atoms with Gasteiger partial charge in [0.15, 0.2) is 0 Å². The molecule has 0 spiro atoms. The van der Waals surface area contributed by atoms with Gasteiger partial charge in [-0.1, -0.05) is 22.4 Å². The van der Waals surface area contributed by atoms with Gasteiger partial charge in [-0.05, 0) is 55.7 Å². The molecule has 0 radical (unpaired) electrons. The first kappa shape index (κ1) is 15.8. The van der Waals surface area contributed by atoms with E-state index in [1.54, 1.807) is 7.11 Å². The van der Waals surface area contributed by atoms with Crippen LogP contribution in [0.5, 0.6) is 5.75 Å². The van der Waals surface area contributed by atoms with Crippen molar-refractivity contribution < 1.29 is 9.53 Å². The number of hydrogen-bond acceptors (Lipinski definition) is 3. The highest BCUT2D eigenvalue weighted by Crippen LogP contribution is 2.40. The minimum atomic E-state index is -0.0401. The van der Waals surface area contributed by atoms with E-state index in [0.717, 1.165) is 17.3 Å². The van der Waals surface area contributed by atoms with E-state index in [9.17, 15) is 4.79 Å². The summed E-state index contributed by atoms with van der Waals surface area (Å²) in [5.41, 5.74) is 6.75. The molecule has 2 saturated carbocycles. The normalized spacial score (nSPS) is 30.7. The summed E-state index contributed by atoms with van der Waals surface area (Å²) in [5, 5.41) is 3.26. The summed E-state index contributed by atoms with van der Waals surface area (Å²) >= 11 is 3.41. The van der Waals surface area contributed by atoms with E-state index >= 15 is 0 Å². The Labute approximate surface area is 139 Å². The number of halogens is 1. The van der Waals surface area contributed by atoms with Gasteiger partial charge in [-0.3, -0.25) is 4.79 Å². The van der Waals surface area contributed by atoms with Crippen molar-refractivity contribution in [1.29, 1.82) is 0 Å². The van der Waals surface area contributed by atoms with Gasteiger partial charge >= 0.3 is 0 Å². The SMILES string of the molecule is COc1cc(Br)ccc1C(=O)NC1C2CCCC1CC(N)C2. The summed E-state index contributed by atoms with van der Waals surface area (Å²) in [7, 11) is 1.59. The monoisotopic (exact) mass is 366 g/mol. The van der Waals surface area contributed by atoms with Crippen LogP contribution in [0.15, 0.2) is 22.7 Å². The van der Waals surface area contributed by atoms with E-state index in [2.05, 4.69) is 21.2 Å². The first-order valence-corrected chi connectivity index (χ1v) is 8.77. The molecule has 2 bridgehead atoms. The van der Waals surface area contributed by atoms with Crippen LogP contribution in [0.1, 0.15) is 42.5 Å². The molecule has 2 atom stereocenters. The largest absolute Gasteiger partial charge is 0.496 e. The predicted molar refractivity (Wildman–Crippen MR) is 90.0 cm³/mol. The molecule has 22 heavy (non-hydrogen) atoms. The van der Waals surface area contributed by atoms with Gasteiger partial charge in [0.1, 0.15) is 5.75 Å². The maximum Gasteiger partial charge on any atom is 0.255 e. The summed E-state index contributed by atoms with van der Waals surface area (Å²) in [4.78, 5) is 12.7. The molecule has 0 aliphatic heterocycles. The van der Waals surface area contributed by atoms with Gasteiger partial charge in [0.2, 0.25) is 0 Å². The second kappa shape index (κ2) is 6.59. The quantitative estimate of drug-likeness (QED) is 0.863. The molecule has 3 N–H and O–H groups in total. The molecule has 4 nitrogen and oxygen atoms in total. The highest BCUT2D eigenvalue weighted by Gasteiger charge is 2.40. The van der Waals surface area contributed by atoms with Crippen molar-refractivity contribution in [2.24, 2.45) is 17.6 Å². The lowest BCUT2D eigenvalue weighted by Crippen LogP contribution is -2.53. The minimum Gasteiger partial charge on any atom is -0.496 e. The van der Waals surface area contributed by atoms with E-state index in [1.807, 2.05) is 18.2 Å². The summed E-state index contributed by atoms with van der Waals surface area (Å²) in [6.45, 7) is 0. The standard InChI is InChI=1S/C17H23BrN2O2/c1-22-15-9-12(18)5-6-14(15)17(21)20-16-10-3-2-4-11(16)8-13(19)7-10/h5-6,9-11,13,16H,2-4,7-8,19H2,1H3,(H,20,21). The molecule has 2 aliphatic rings. The molecule has 3 rings (SSSR count). The number of hydrogen-bond donors (Lipinski definition) is 2. The molecule has 0 saturated heterocycles. The lowest BCUT2D eigenvalue weighted by Gasteiger charge is -2.45. The van der Waals surface area contributed by atoms with Crippen LogP contribution in [0, 0.1) is 11.8 Å². The van der Waals surface area contributed by atoms with Crippen LogP contribution in [0.2, 0.25) is 0 Å². The lowest BCUT2D eigenvalue weighted by atomic mass is 9.67. The second-order valence-corrected chi connectivity index (χ2v) is 7.44. The topological polar surface area (TPSA) is 64.3 Å². The summed E-state index contributed by atoms with van der Waals surface area (Å²) in [6.07, 6.45) is 5.66. The van der Waals surface area contributed by atoms with Crippen LogP contribution in [-0.2, 0) is 0 Å². The fourth-order valence-electron chi connectivity index (χ4n) is 4.11. The molecule has 2 aliphatic carbocycles. The average molecular weight is 367 g/mol. The van der Waals surface area contributed by atoms with Crippen LogP contribution in [0.4, 0.5) is 0 Å². The first-order valence-electron chi connectivity index (χ1n) is 7.98. The zero-order chi connectivity index (χ0) is 15.7. The van der Waals surface area contributed by atoms with Gasteiger partial charge in [0.25, 0.3) is 5.91 Å². The number of amides is 1. The number of carbonyl (C=O) groups excluding carboxylic acids is 1. The highest BCUT2D eigenvalue weighted by atomic mass is 79.9. The predicted octanol–water partition coefficient (Wildman–Crippen LogP) is 3.09. The first-order chi connectivity index (χ1) is 10.6. The number of rotatable bonds is 3. The van der Waals surface area contributed by atoms with E-state index in [0.29, 0.717) is 29.2 Å². The number of nitrogens with two attached hydrogens (primary N) is 1. The van der Waals surface area contributed by atoms with Crippen LogP contribution in [-0.4, -0.2) is 25.1 Å². The number of carbonyl (C=O) groups is 1. The third kappa shape index (κ3) is 3.15. The summed E-state index contributed by atoms with van der Waals surface area (Å²) < 4.78 is 6.24. The van der Waals surface area contributed by atoms with Crippen molar-refractivity contribution in [3.05, 3.63) is 28.2 Å². The molecule has 2 unspecified atom stereocenters. The van der Waals surface area contributed by atoms with Gasteiger partial charge in [-0.25, -0.2) is 0 Å². The maximum absolute atomic E-state index is 12.7. The molecule has 0 heterocycles. The Kier molecular flexibility index (Phi) is 4.73. The number of fused-ring (bicyclic) bond motifs is 2. The van der Waals surface area contributed by atoms with Crippen molar-refractivity contribution >= 4 is 21.8 Å². The number of ether oxygens (including phenoxy) is 1. The molecule has 1 aromatic carbocycles. The van der Waals surface area contributed by atoms with Gasteiger partial charge in [-0.15, -0.1) is 0 Å². The molecular formula is C17H23BrN2O2. The third-order valence-corrected chi connectivity index (χ3v) is 5.58. The Morgan fingerprint density at radius 3 is 2.64 bits per heavy atom. The van der Waals surface area contributed by atoms with Crippen LogP contribution < -0.4 is 15.8 Å². The molecule has 0 aromatic heterocycles. The van der Waals surface area contributed by atoms with Gasteiger partial charge in [0, 0.05) is 16.6 Å². The van der Waals surface area contributed by atoms with Crippen molar-refractivity contribution in [3.63, 3.8) is 0 Å². The molecular weight excluding hydrogens is 344 g/mol. The van der Waals surface area contributed by atoms with Crippen molar-refractivity contribution in [1.82, 2.24) is 5.32 Å². The fourth-order valence-corrected chi connectivity index (χ4v) is 4.45. The minimum absolute atomic E-state index is 0.0401. The molecule has 1 amide bonds. The maximum atomic E-state index is 12.7. The van der Waals surface area contributed by atoms with Gasteiger partial charge < -0.3 is 15.8 Å². The van der Waals surface area contributed by atoms with Crippen LogP contribution >= 0.6 is 15.9 Å². The number of benzene rings is 1. The Balaban J connectivity index is 1.77. The number of methoxy groups -OCH3 is 1. The Morgan fingerprint density at radius 1 is 1.32 bits per heavy atom. The molecule has 1 aromatic rings. The highest BCUT2D eigenvalue weighted by molar-refractivity contribution is 9.10. The zero-order valence-electron chi connectivity index (χ0n) is 12.8. The van der Waals surface area contributed by atoms with E-state index in [4.69, 9.17) is 10.5 Å². The summed E-state index contributed by atoms with van der Waals surface area (Å²) in [5.74, 6) is 1.60. The van der Waals surface area contributed by atoms with Gasteiger partial charge in [0.05, 0.1) is 12.7 Å². The van der Waals surface area contributed by atoms with E-state index < -0.39 is 0 Å². The smallest absolute Gasteiger partial charge is 0.255 e. The van der Waals surface area contributed by atoms with Crippen molar-refractivity contribution in [2.45, 2.75) is 44.2 Å². The molecule has 120 valence electrons. The van der Waals surface area contributed by atoms with Crippen LogP contribution in [0.25, 0.3) is 0 Å². The van der Waals surface area contributed by atoms with E-state index in [1.165, 1.54) is 19.3 Å². The summed E-state index contributed by atoms with van der Waals surface area (Å²) in [6, 6.07) is 6.06. The molecule has 5 heteroatoms. The van der Waals surface area contributed by atoms with Crippen molar-refractivity contribution in [3.8, 4) is 5.75 Å². The second-order valence-electron chi connectivity index (χ2n) is 6.53. The third-order valence-electron chi connectivity index (χ3n) is 5.08. The Hall–Kier alpha value is -1.07.